The summed E-state index contributed by atoms with van der Waals surface area (Å²) in [4.78, 5) is 1.37. The molecule has 20 heavy (non-hydrogen) atoms. The zero-order valence-corrected chi connectivity index (χ0v) is 14.9. The third-order valence-electron chi connectivity index (χ3n) is 3.27. The van der Waals surface area contributed by atoms with Crippen molar-refractivity contribution in [2.24, 2.45) is 0 Å². The molecule has 0 aliphatic heterocycles. The number of aryl methyl sites for hydroxylation is 1. The van der Waals surface area contributed by atoms with E-state index in [9.17, 15) is 0 Å². The molecule has 0 amide bonds. The third-order valence-corrected chi connectivity index (χ3v) is 5.08. The van der Waals surface area contributed by atoms with E-state index in [1.807, 2.05) is 12.1 Å². The Bertz CT molecular complexity index is 567. The Morgan fingerprint density at radius 1 is 1.35 bits per heavy atom. The smallest absolute Gasteiger partial charge is 0.0704 e. The van der Waals surface area contributed by atoms with E-state index in [0.29, 0.717) is 6.04 Å². The van der Waals surface area contributed by atoms with Crippen molar-refractivity contribution in [1.29, 1.82) is 0 Å². The van der Waals surface area contributed by atoms with Crippen molar-refractivity contribution in [1.82, 2.24) is 5.32 Å². The fourth-order valence-electron chi connectivity index (χ4n) is 2.31. The highest BCUT2D eigenvalue weighted by atomic mass is 79.9. The van der Waals surface area contributed by atoms with Crippen molar-refractivity contribution in [3.8, 4) is 0 Å². The number of hydrogen-bond acceptors (Lipinski definition) is 2. The zero-order chi connectivity index (χ0) is 14.5. The van der Waals surface area contributed by atoms with E-state index in [2.05, 4.69) is 53.3 Å². The molecule has 0 saturated heterocycles. The molecule has 1 N–H and O–H groups in total. The van der Waals surface area contributed by atoms with E-state index in [4.69, 9.17) is 11.6 Å². The second kappa shape index (κ2) is 7.60. The van der Waals surface area contributed by atoms with Crippen molar-refractivity contribution >= 4 is 38.9 Å². The molecule has 0 bridgehead atoms. The number of hydrogen-bond donors (Lipinski definition) is 1. The lowest BCUT2D eigenvalue weighted by Gasteiger charge is -2.19. The lowest BCUT2D eigenvalue weighted by molar-refractivity contribution is 0.529. The highest BCUT2D eigenvalue weighted by Crippen LogP contribution is 2.32. The summed E-state index contributed by atoms with van der Waals surface area (Å²) in [5.41, 5.74) is 2.66. The van der Waals surface area contributed by atoms with Gasteiger partial charge in [-0.2, -0.15) is 0 Å². The Morgan fingerprint density at radius 2 is 2.15 bits per heavy atom. The molecule has 108 valence electrons. The van der Waals surface area contributed by atoms with Crippen molar-refractivity contribution in [2.75, 3.05) is 6.54 Å². The summed E-state index contributed by atoms with van der Waals surface area (Å²) in [6.45, 7) is 5.40. The van der Waals surface area contributed by atoms with E-state index in [1.54, 1.807) is 11.3 Å². The van der Waals surface area contributed by atoms with Gasteiger partial charge < -0.3 is 5.32 Å². The minimum absolute atomic E-state index is 0.343. The topological polar surface area (TPSA) is 12.0 Å². The first-order valence-electron chi connectivity index (χ1n) is 6.83. The minimum Gasteiger partial charge on any atom is -0.310 e. The predicted octanol–water partition coefficient (Wildman–Crippen LogP) is 5.76. The van der Waals surface area contributed by atoms with E-state index in [0.717, 1.165) is 24.4 Å². The van der Waals surface area contributed by atoms with E-state index in [1.165, 1.54) is 19.8 Å². The van der Waals surface area contributed by atoms with E-state index in [-0.39, 0.29) is 0 Å². The summed E-state index contributed by atoms with van der Waals surface area (Å²) >= 11 is 11.5. The van der Waals surface area contributed by atoms with Crippen LogP contribution in [0.4, 0.5) is 0 Å². The maximum atomic E-state index is 6.09. The van der Waals surface area contributed by atoms with Crippen LogP contribution in [0.25, 0.3) is 0 Å². The summed E-state index contributed by atoms with van der Waals surface area (Å²) in [6.07, 6.45) is 2.10. The van der Waals surface area contributed by atoms with Gasteiger partial charge in [0.15, 0.2) is 0 Å². The van der Waals surface area contributed by atoms with E-state index < -0.39 is 0 Å². The lowest BCUT2D eigenvalue weighted by atomic mass is 9.99. The molecule has 1 aromatic heterocycles. The molecular formula is C16H19BrClNS. The molecule has 0 aliphatic carbocycles. The van der Waals surface area contributed by atoms with Crippen LogP contribution in [0.5, 0.6) is 0 Å². The molecule has 0 saturated carbocycles. The molecule has 2 rings (SSSR count). The lowest BCUT2D eigenvalue weighted by Crippen LogP contribution is -2.24. The van der Waals surface area contributed by atoms with Crippen LogP contribution in [0.3, 0.4) is 0 Å². The fourth-order valence-corrected chi connectivity index (χ4v) is 4.30. The van der Waals surface area contributed by atoms with Gasteiger partial charge in [-0.15, -0.1) is 11.3 Å². The van der Waals surface area contributed by atoms with E-state index >= 15 is 0 Å². The Morgan fingerprint density at radius 3 is 2.75 bits per heavy atom. The van der Waals surface area contributed by atoms with Gasteiger partial charge in [0.2, 0.25) is 0 Å². The molecule has 1 nitrogen and oxygen atoms in total. The highest BCUT2D eigenvalue weighted by molar-refractivity contribution is 9.11. The van der Waals surface area contributed by atoms with Crippen LogP contribution in [-0.2, 0) is 6.42 Å². The molecule has 1 unspecified atom stereocenters. The normalized spacial score (nSPS) is 12.6. The molecule has 0 radical (unpaired) electrons. The maximum Gasteiger partial charge on any atom is 0.0704 e. The average molecular weight is 373 g/mol. The van der Waals surface area contributed by atoms with Crippen LogP contribution in [0.15, 0.2) is 34.1 Å². The molecule has 4 heteroatoms. The number of nitrogens with one attached hydrogen (secondary N) is 1. The van der Waals surface area contributed by atoms with Gasteiger partial charge in [-0.05, 0) is 71.6 Å². The second-order valence-electron chi connectivity index (χ2n) is 4.90. The quantitative estimate of drug-likeness (QED) is 0.680. The van der Waals surface area contributed by atoms with Crippen molar-refractivity contribution in [2.45, 2.75) is 32.7 Å². The molecular weight excluding hydrogens is 354 g/mol. The summed E-state index contributed by atoms with van der Waals surface area (Å²) in [5.74, 6) is 0. The Labute approximate surface area is 138 Å². The number of thiophene rings is 1. The predicted molar refractivity (Wildman–Crippen MR) is 92.9 cm³/mol. The van der Waals surface area contributed by atoms with Crippen LogP contribution in [0, 0.1) is 6.92 Å². The van der Waals surface area contributed by atoms with Gasteiger partial charge in [0, 0.05) is 15.9 Å². The maximum absolute atomic E-state index is 6.09. The molecule has 1 heterocycles. The molecule has 0 spiro atoms. The molecule has 0 aliphatic rings. The van der Waals surface area contributed by atoms with Gasteiger partial charge >= 0.3 is 0 Å². The van der Waals surface area contributed by atoms with Crippen molar-refractivity contribution in [3.63, 3.8) is 0 Å². The fraction of sp³-hybridized carbons (Fsp3) is 0.375. The van der Waals surface area contributed by atoms with Gasteiger partial charge in [-0.1, -0.05) is 30.7 Å². The van der Waals surface area contributed by atoms with Gasteiger partial charge in [0.05, 0.1) is 3.79 Å². The van der Waals surface area contributed by atoms with Gasteiger partial charge in [0.25, 0.3) is 0 Å². The van der Waals surface area contributed by atoms with Crippen LogP contribution < -0.4 is 5.32 Å². The molecule has 0 fully saturated rings. The Balaban J connectivity index is 2.21. The van der Waals surface area contributed by atoms with Crippen molar-refractivity contribution < 1.29 is 0 Å². The van der Waals surface area contributed by atoms with Crippen LogP contribution in [0.2, 0.25) is 5.02 Å². The number of halogens is 2. The van der Waals surface area contributed by atoms with Gasteiger partial charge in [-0.3, -0.25) is 0 Å². The summed E-state index contributed by atoms with van der Waals surface area (Å²) in [6, 6.07) is 10.7. The van der Waals surface area contributed by atoms with Crippen molar-refractivity contribution in [3.05, 3.63) is 55.1 Å². The van der Waals surface area contributed by atoms with Gasteiger partial charge in [-0.25, -0.2) is 0 Å². The Kier molecular flexibility index (Phi) is 6.09. The summed E-state index contributed by atoms with van der Waals surface area (Å²) in [5, 5.41) is 4.46. The molecule has 1 aromatic carbocycles. The summed E-state index contributed by atoms with van der Waals surface area (Å²) < 4.78 is 1.19. The first-order chi connectivity index (χ1) is 9.60. The molecule has 1 atom stereocenters. The van der Waals surface area contributed by atoms with Crippen LogP contribution in [0.1, 0.15) is 35.4 Å². The minimum atomic E-state index is 0.343. The summed E-state index contributed by atoms with van der Waals surface area (Å²) in [7, 11) is 0. The number of benzene rings is 1. The van der Waals surface area contributed by atoms with Crippen LogP contribution >= 0.6 is 38.9 Å². The van der Waals surface area contributed by atoms with Gasteiger partial charge in [0.1, 0.15) is 0 Å². The largest absolute Gasteiger partial charge is 0.310 e. The average Bonchev–Trinajstić information content (AvgIpc) is 2.73. The molecule has 2 aromatic rings. The zero-order valence-electron chi connectivity index (χ0n) is 11.7. The standard InChI is InChI=1S/C16H19BrClNS/c1-3-7-19-15(14-10-16(17)20-11(14)2)9-12-5-4-6-13(18)8-12/h4-6,8,10,15,19H,3,7,9H2,1-2H3. The first kappa shape index (κ1) is 16.0. The highest BCUT2D eigenvalue weighted by Gasteiger charge is 2.16. The Hall–Kier alpha value is -0.350. The second-order valence-corrected chi connectivity index (χ2v) is 7.97. The third kappa shape index (κ3) is 4.32. The first-order valence-corrected chi connectivity index (χ1v) is 8.82. The van der Waals surface area contributed by atoms with Crippen LogP contribution in [-0.4, -0.2) is 6.54 Å². The SMILES string of the molecule is CCCNC(Cc1cccc(Cl)c1)c1cc(Br)sc1C. The monoisotopic (exact) mass is 371 g/mol. The number of rotatable bonds is 6.